The molecule has 0 spiro atoms. The molecule has 2 rings (SSSR count). The molecule has 1 N–H and O–H groups in total. The summed E-state index contributed by atoms with van der Waals surface area (Å²) in [6.45, 7) is 4.41. The zero-order chi connectivity index (χ0) is 14.4. The van der Waals surface area contributed by atoms with E-state index in [0.717, 1.165) is 19.3 Å². The average Bonchev–Trinajstić information content (AvgIpc) is 2.49. The van der Waals surface area contributed by atoms with Crippen molar-refractivity contribution in [2.75, 3.05) is 0 Å². The van der Waals surface area contributed by atoms with Crippen LogP contribution in [-0.2, 0) is 4.79 Å². The summed E-state index contributed by atoms with van der Waals surface area (Å²) in [6, 6.07) is 0. The maximum absolute atomic E-state index is 12.2. The largest absolute Gasteiger partial charge is 0.273 e. The fraction of sp³-hybridized carbons (Fsp3) is 0.882. The van der Waals surface area contributed by atoms with Gasteiger partial charge in [-0.05, 0) is 43.9 Å². The standard InChI is InChI=1S/C17H30N2O/c1-3-16(14-9-5-4-6-10-14)18-19-17(20)15-11-7-8-13(2)12-15/h13-15H,3-12H2,1-2H3,(H,19,20)/b18-16+. The molecule has 0 aromatic carbocycles. The minimum absolute atomic E-state index is 0.151. The molecule has 2 unspecified atom stereocenters. The Morgan fingerprint density at radius 1 is 1.05 bits per heavy atom. The number of hydrogen-bond donors (Lipinski definition) is 1. The Morgan fingerprint density at radius 3 is 2.40 bits per heavy atom. The van der Waals surface area contributed by atoms with Crippen LogP contribution in [0.2, 0.25) is 0 Å². The van der Waals surface area contributed by atoms with Crippen LogP contribution in [0.1, 0.15) is 78.1 Å². The summed E-state index contributed by atoms with van der Waals surface area (Å²) in [5, 5.41) is 4.48. The van der Waals surface area contributed by atoms with E-state index in [1.807, 2.05) is 0 Å². The second-order valence-corrected chi connectivity index (χ2v) is 6.74. The van der Waals surface area contributed by atoms with E-state index in [1.165, 1.54) is 50.7 Å². The molecule has 0 radical (unpaired) electrons. The maximum Gasteiger partial charge on any atom is 0.243 e. The van der Waals surface area contributed by atoms with Crippen molar-refractivity contribution in [3.8, 4) is 0 Å². The highest BCUT2D eigenvalue weighted by Crippen LogP contribution is 2.29. The van der Waals surface area contributed by atoms with E-state index in [4.69, 9.17) is 0 Å². The lowest BCUT2D eigenvalue weighted by Gasteiger charge is -2.26. The molecule has 0 aromatic rings. The van der Waals surface area contributed by atoms with Crippen LogP contribution in [0, 0.1) is 17.8 Å². The van der Waals surface area contributed by atoms with Crippen molar-refractivity contribution in [2.45, 2.75) is 78.1 Å². The lowest BCUT2D eigenvalue weighted by Crippen LogP contribution is -2.32. The molecule has 0 aliphatic heterocycles. The van der Waals surface area contributed by atoms with Gasteiger partial charge in [-0.1, -0.05) is 46.0 Å². The number of carbonyl (C=O) groups is 1. The first-order valence-electron chi connectivity index (χ1n) is 8.57. The van der Waals surface area contributed by atoms with Gasteiger partial charge in [-0.25, -0.2) is 5.43 Å². The molecule has 20 heavy (non-hydrogen) atoms. The summed E-state index contributed by atoms with van der Waals surface area (Å²) >= 11 is 0. The molecular formula is C17H30N2O. The van der Waals surface area contributed by atoms with Crippen molar-refractivity contribution in [3.05, 3.63) is 0 Å². The average molecular weight is 278 g/mol. The van der Waals surface area contributed by atoms with Crippen LogP contribution >= 0.6 is 0 Å². The molecule has 0 bridgehead atoms. The van der Waals surface area contributed by atoms with Gasteiger partial charge < -0.3 is 0 Å². The van der Waals surface area contributed by atoms with Crippen LogP contribution in [0.25, 0.3) is 0 Å². The van der Waals surface area contributed by atoms with Gasteiger partial charge in [-0.3, -0.25) is 4.79 Å². The summed E-state index contributed by atoms with van der Waals surface area (Å²) in [7, 11) is 0. The summed E-state index contributed by atoms with van der Waals surface area (Å²) in [4.78, 5) is 12.2. The zero-order valence-electron chi connectivity index (χ0n) is 13.2. The van der Waals surface area contributed by atoms with Crippen molar-refractivity contribution < 1.29 is 4.79 Å². The van der Waals surface area contributed by atoms with Crippen LogP contribution in [0.5, 0.6) is 0 Å². The summed E-state index contributed by atoms with van der Waals surface area (Å²) < 4.78 is 0. The number of nitrogens with one attached hydrogen (secondary N) is 1. The van der Waals surface area contributed by atoms with E-state index >= 15 is 0 Å². The Labute approximate surface area is 123 Å². The van der Waals surface area contributed by atoms with Gasteiger partial charge in [0.1, 0.15) is 0 Å². The van der Waals surface area contributed by atoms with Gasteiger partial charge in [-0.15, -0.1) is 0 Å². The fourth-order valence-corrected chi connectivity index (χ4v) is 3.79. The molecule has 2 aliphatic rings. The Bertz CT molecular complexity index is 345. The maximum atomic E-state index is 12.2. The minimum atomic E-state index is 0.151. The lowest BCUT2D eigenvalue weighted by atomic mass is 9.82. The number of rotatable bonds is 4. The molecular weight excluding hydrogens is 248 g/mol. The second-order valence-electron chi connectivity index (χ2n) is 6.74. The van der Waals surface area contributed by atoms with Crippen LogP contribution < -0.4 is 5.43 Å². The van der Waals surface area contributed by atoms with Gasteiger partial charge in [0.2, 0.25) is 5.91 Å². The SMILES string of the molecule is CC/C(=N\NC(=O)C1CCCC(C)C1)C1CCCCC1. The fourth-order valence-electron chi connectivity index (χ4n) is 3.79. The molecule has 3 heteroatoms. The van der Waals surface area contributed by atoms with Crippen LogP contribution in [0.3, 0.4) is 0 Å². The number of hydrazone groups is 1. The van der Waals surface area contributed by atoms with E-state index in [9.17, 15) is 4.79 Å². The molecule has 0 heterocycles. The van der Waals surface area contributed by atoms with Crippen LogP contribution in [0.4, 0.5) is 0 Å². The van der Waals surface area contributed by atoms with E-state index in [1.54, 1.807) is 0 Å². The number of nitrogens with zero attached hydrogens (tertiary/aromatic N) is 1. The predicted octanol–water partition coefficient (Wildman–Crippen LogP) is 4.28. The van der Waals surface area contributed by atoms with E-state index in [2.05, 4.69) is 24.4 Å². The quantitative estimate of drug-likeness (QED) is 0.605. The van der Waals surface area contributed by atoms with Gasteiger partial charge in [0, 0.05) is 11.6 Å². The first kappa shape index (κ1) is 15.5. The Balaban J connectivity index is 1.86. The highest BCUT2D eigenvalue weighted by atomic mass is 16.2. The smallest absolute Gasteiger partial charge is 0.243 e. The Morgan fingerprint density at radius 2 is 1.75 bits per heavy atom. The van der Waals surface area contributed by atoms with Gasteiger partial charge in [0.25, 0.3) is 0 Å². The topological polar surface area (TPSA) is 41.5 Å². The Kier molecular flexibility index (Phi) is 6.06. The molecule has 0 aromatic heterocycles. The molecule has 2 fully saturated rings. The zero-order valence-corrected chi connectivity index (χ0v) is 13.2. The summed E-state index contributed by atoms with van der Waals surface area (Å²) in [6.07, 6.45) is 12.0. The number of amides is 1. The predicted molar refractivity (Wildman–Crippen MR) is 83.6 cm³/mol. The van der Waals surface area contributed by atoms with Crippen molar-refractivity contribution in [1.29, 1.82) is 0 Å². The number of carbonyl (C=O) groups excluding carboxylic acids is 1. The van der Waals surface area contributed by atoms with Gasteiger partial charge in [0.15, 0.2) is 0 Å². The van der Waals surface area contributed by atoms with Gasteiger partial charge in [-0.2, -0.15) is 5.10 Å². The van der Waals surface area contributed by atoms with Crippen molar-refractivity contribution in [3.63, 3.8) is 0 Å². The third-order valence-electron chi connectivity index (χ3n) is 5.06. The third kappa shape index (κ3) is 4.32. The summed E-state index contributed by atoms with van der Waals surface area (Å²) in [5.74, 6) is 1.64. The van der Waals surface area contributed by atoms with E-state index in [-0.39, 0.29) is 11.8 Å². The Hall–Kier alpha value is -0.860. The molecule has 2 aliphatic carbocycles. The van der Waals surface area contributed by atoms with Crippen LogP contribution in [0.15, 0.2) is 5.10 Å². The lowest BCUT2D eigenvalue weighted by molar-refractivity contribution is -0.126. The van der Waals surface area contributed by atoms with Crippen molar-refractivity contribution in [1.82, 2.24) is 5.43 Å². The third-order valence-corrected chi connectivity index (χ3v) is 5.06. The highest BCUT2D eigenvalue weighted by molar-refractivity contribution is 5.88. The number of hydrogen-bond acceptors (Lipinski definition) is 2. The van der Waals surface area contributed by atoms with E-state index < -0.39 is 0 Å². The van der Waals surface area contributed by atoms with E-state index in [0.29, 0.717) is 11.8 Å². The minimum Gasteiger partial charge on any atom is -0.273 e. The van der Waals surface area contributed by atoms with Crippen LogP contribution in [-0.4, -0.2) is 11.6 Å². The normalized spacial score (nSPS) is 29.2. The highest BCUT2D eigenvalue weighted by Gasteiger charge is 2.25. The monoisotopic (exact) mass is 278 g/mol. The van der Waals surface area contributed by atoms with Crippen molar-refractivity contribution >= 4 is 11.6 Å². The first-order chi connectivity index (χ1) is 9.70. The molecule has 3 nitrogen and oxygen atoms in total. The van der Waals surface area contributed by atoms with Gasteiger partial charge in [0.05, 0.1) is 0 Å². The molecule has 2 atom stereocenters. The first-order valence-corrected chi connectivity index (χ1v) is 8.57. The molecule has 1 amide bonds. The molecule has 114 valence electrons. The van der Waals surface area contributed by atoms with Gasteiger partial charge >= 0.3 is 0 Å². The molecule has 0 saturated heterocycles. The second kappa shape index (κ2) is 7.80. The summed E-state index contributed by atoms with van der Waals surface area (Å²) in [5.41, 5.74) is 4.08. The molecule has 2 saturated carbocycles. The van der Waals surface area contributed by atoms with Crippen molar-refractivity contribution in [2.24, 2.45) is 22.9 Å².